The Bertz CT molecular complexity index is 267. The highest BCUT2D eigenvalue weighted by atomic mass is 16.5. The van der Waals surface area contributed by atoms with Gasteiger partial charge in [0.15, 0.2) is 0 Å². The van der Waals surface area contributed by atoms with E-state index in [0.717, 1.165) is 12.8 Å². The Kier molecular flexibility index (Phi) is 3.68. The lowest BCUT2D eigenvalue weighted by molar-refractivity contribution is -0.142. The summed E-state index contributed by atoms with van der Waals surface area (Å²) >= 11 is 0. The van der Waals surface area contributed by atoms with Crippen molar-refractivity contribution < 1.29 is 19.1 Å². The predicted molar refractivity (Wildman–Crippen MR) is 49.2 cm³/mol. The molecule has 1 atom stereocenters. The topological polar surface area (TPSA) is 52.6 Å². The molecule has 0 aliphatic heterocycles. The molecule has 0 aromatic carbocycles. The van der Waals surface area contributed by atoms with E-state index in [1.165, 1.54) is 13.8 Å². The monoisotopic (exact) mass is 198 g/mol. The summed E-state index contributed by atoms with van der Waals surface area (Å²) in [5.74, 6) is 0.298. The van der Waals surface area contributed by atoms with E-state index in [4.69, 9.17) is 9.47 Å². The Balaban J connectivity index is 2.34. The molecule has 14 heavy (non-hydrogen) atoms. The van der Waals surface area contributed by atoms with Crippen molar-refractivity contribution in [3.8, 4) is 0 Å². The van der Waals surface area contributed by atoms with E-state index in [2.05, 4.69) is 0 Å². The highest BCUT2D eigenvalue weighted by molar-refractivity contribution is 5.67. The summed E-state index contributed by atoms with van der Waals surface area (Å²) in [7, 11) is 0. The number of rotatable bonds is 3. The minimum Gasteiger partial charge on any atom is -0.465 e. The summed E-state index contributed by atoms with van der Waals surface area (Å²) < 4.78 is 9.79. The van der Waals surface area contributed by atoms with Gasteiger partial charge in [-0.2, -0.15) is 0 Å². The zero-order chi connectivity index (χ0) is 10.6. The van der Waals surface area contributed by atoms with Crippen molar-refractivity contribution in [2.45, 2.75) is 26.7 Å². The van der Waals surface area contributed by atoms with Gasteiger partial charge in [0.2, 0.25) is 0 Å². The first-order chi connectivity index (χ1) is 6.58. The van der Waals surface area contributed by atoms with Crippen molar-refractivity contribution >= 4 is 11.9 Å². The highest BCUT2D eigenvalue weighted by Gasteiger charge is 2.18. The zero-order valence-electron chi connectivity index (χ0n) is 8.41. The summed E-state index contributed by atoms with van der Waals surface area (Å²) in [6.07, 6.45) is 3.46. The van der Waals surface area contributed by atoms with Gasteiger partial charge in [0.1, 0.15) is 5.76 Å². The zero-order valence-corrected chi connectivity index (χ0v) is 8.41. The largest absolute Gasteiger partial charge is 0.465 e. The van der Waals surface area contributed by atoms with E-state index in [1.807, 2.05) is 6.08 Å². The molecule has 0 saturated heterocycles. The molecule has 0 N–H and O–H groups in total. The number of carbonyl (C=O) groups is 2. The quantitative estimate of drug-likeness (QED) is 0.643. The van der Waals surface area contributed by atoms with Gasteiger partial charge in [0.25, 0.3) is 0 Å². The van der Waals surface area contributed by atoms with Crippen LogP contribution in [0.2, 0.25) is 0 Å². The van der Waals surface area contributed by atoms with Crippen molar-refractivity contribution in [2.24, 2.45) is 5.92 Å². The normalized spacial score (nSPS) is 20.1. The number of ether oxygens (including phenoxy) is 2. The minimum atomic E-state index is -0.301. The smallest absolute Gasteiger partial charge is 0.307 e. The lowest BCUT2D eigenvalue weighted by Crippen LogP contribution is -2.07. The SMILES string of the molecule is CC(=O)OC[C@H]1C=C(OC(C)=O)CC1. The molecule has 0 unspecified atom stereocenters. The summed E-state index contributed by atoms with van der Waals surface area (Å²) in [6, 6.07) is 0. The molecule has 1 aliphatic carbocycles. The third-order valence-electron chi connectivity index (χ3n) is 1.96. The molecule has 0 radical (unpaired) electrons. The van der Waals surface area contributed by atoms with Crippen molar-refractivity contribution in [1.82, 2.24) is 0 Å². The summed E-state index contributed by atoms with van der Waals surface area (Å²) in [4.78, 5) is 21.2. The lowest BCUT2D eigenvalue weighted by atomic mass is 10.1. The molecule has 1 aliphatic rings. The first-order valence-electron chi connectivity index (χ1n) is 4.60. The number of hydrogen-bond acceptors (Lipinski definition) is 4. The molecule has 1 rings (SSSR count). The van der Waals surface area contributed by atoms with Crippen molar-refractivity contribution in [3.63, 3.8) is 0 Å². The standard InChI is InChI=1S/C10H14O4/c1-7(11)13-6-9-3-4-10(5-9)14-8(2)12/h5,9H,3-4,6H2,1-2H3/t9-/m1/s1. The van der Waals surface area contributed by atoms with Crippen LogP contribution in [0, 0.1) is 5.92 Å². The second-order valence-corrected chi connectivity index (χ2v) is 3.33. The molecule has 0 amide bonds. The van der Waals surface area contributed by atoms with Crippen LogP contribution in [0.3, 0.4) is 0 Å². The molecule has 0 aromatic heterocycles. The summed E-state index contributed by atoms with van der Waals surface area (Å²) in [6.45, 7) is 3.13. The van der Waals surface area contributed by atoms with E-state index in [0.29, 0.717) is 12.4 Å². The molecule has 4 heteroatoms. The Hall–Kier alpha value is -1.32. The Labute approximate surface area is 82.9 Å². The van der Waals surface area contributed by atoms with Crippen LogP contribution in [-0.4, -0.2) is 18.5 Å². The molecule has 4 nitrogen and oxygen atoms in total. The Morgan fingerprint density at radius 3 is 2.71 bits per heavy atom. The van der Waals surface area contributed by atoms with Crippen LogP contribution in [0.5, 0.6) is 0 Å². The summed E-state index contributed by atoms with van der Waals surface area (Å²) in [5, 5.41) is 0. The van der Waals surface area contributed by atoms with Crippen LogP contribution in [-0.2, 0) is 19.1 Å². The fourth-order valence-electron chi connectivity index (χ4n) is 1.38. The second kappa shape index (κ2) is 4.79. The lowest BCUT2D eigenvalue weighted by Gasteiger charge is -2.05. The minimum absolute atomic E-state index is 0.188. The fraction of sp³-hybridized carbons (Fsp3) is 0.600. The average molecular weight is 198 g/mol. The Morgan fingerprint density at radius 1 is 1.43 bits per heavy atom. The van der Waals surface area contributed by atoms with Crippen LogP contribution in [0.4, 0.5) is 0 Å². The maximum absolute atomic E-state index is 10.6. The molecule has 0 spiro atoms. The molecule has 0 bridgehead atoms. The van der Waals surface area contributed by atoms with E-state index in [1.54, 1.807) is 0 Å². The Morgan fingerprint density at radius 2 is 2.14 bits per heavy atom. The molecule has 0 fully saturated rings. The number of allylic oxidation sites excluding steroid dienone is 1. The number of carbonyl (C=O) groups excluding carboxylic acids is 2. The van der Waals surface area contributed by atoms with E-state index < -0.39 is 0 Å². The maximum atomic E-state index is 10.6. The third-order valence-corrected chi connectivity index (χ3v) is 1.96. The average Bonchev–Trinajstić information content (AvgIpc) is 2.47. The van der Waals surface area contributed by atoms with Gasteiger partial charge in [-0.25, -0.2) is 0 Å². The summed E-state index contributed by atoms with van der Waals surface area (Å²) in [5.41, 5.74) is 0. The first-order valence-corrected chi connectivity index (χ1v) is 4.60. The van der Waals surface area contributed by atoms with Gasteiger partial charge in [-0.1, -0.05) is 0 Å². The maximum Gasteiger partial charge on any atom is 0.307 e. The van der Waals surface area contributed by atoms with Crippen molar-refractivity contribution in [2.75, 3.05) is 6.61 Å². The highest BCUT2D eigenvalue weighted by Crippen LogP contribution is 2.25. The van der Waals surface area contributed by atoms with Crippen LogP contribution < -0.4 is 0 Å². The van der Waals surface area contributed by atoms with Crippen LogP contribution in [0.25, 0.3) is 0 Å². The van der Waals surface area contributed by atoms with Gasteiger partial charge in [0, 0.05) is 26.2 Å². The van der Waals surface area contributed by atoms with Gasteiger partial charge in [0.05, 0.1) is 6.61 Å². The van der Waals surface area contributed by atoms with Crippen LogP contribution in [0.15, 0.2) is 11.8 Å². The third kappa shape index (κ3) is 3.60. The molecule has 0 saturated carbocycles. The first kappa shape index (κ1) is 10.8. The van der Waals surface area contributed by atoms with Crippen molar-refractivity contribution in [1.29, 1.82) is 0 Å². The van der Waals surface area contributed by atoms with Gasteiger partial charge >= 0.3 is 11.9 Å². The van der Waals surface area contributed by atoms with Gasteiger partial charge in [-0.05, 0) is 12.5 Å². The molecule has 0 aromatic rings. The van der Waals surface area contributed by atoms with Gasteiger partial charge < -0.3 is 9.47 Å². The van der Waals surface area contributed by atoms with E-state index in [-0.39, 0.29) is 17.9 Å². The predicted octanol–water partition coefficient (Wildman–Crippen LogP) is 1.41. The van der Waals surface area contributed by atoms with Gasteiger partial charge in [-0.15, -0.1) is 0 Å². The number of hydrogen-bond donors (Lipinski definition) is 0. The second-order valence-electron chi connectivity index (χ2n) is 3.33. The van der Waals surface area contributed by atoms with Crippen LogP contribution >= 0.6 is 0 Å². The van der Waals surface area contributed by atoms with E-state index in [9.17, 15) is 9.59 Å². The molecule has 78 valence electrons. The molecular weight excluding hydrogens is 184 g/mol. The van der Waals surface area contributed by atoms with E-state index >= 15 is 0 Å². The number of esters is 2. The fourth-order valence-corrected chi connectivity index (χ4v) is 1.38. The van der Waals surface area contributed by atoms with Crippen molar-refractivity contribution in [3.05, 3.63) is 11.8 Å². The van der Waals surface area contributed by atoms with Crippen LogP contribution in [0.1, 0.15) is 26.7 Å². The molecular formula is C10H14O4. The van der Waals surface area contributed by atoms with Gasteiger partial charge in [-0.3, -0.25) is 9.59 Å². The molecule has 0 heterocycles.